The Balaban J connectivity index is 1.60. The minimum atomic E-state index is 0.186. The molecule has 0 spiro atoms. The van der Waals surface area contributed by atoms with Crippen molar-refractivity contribution in [3.8, 4) is 0 Å². The molecule has 0 fully saturated rings. The van der Waals surface area contributed by atoms with Crippen LogP contribution in [0.4, 0.5) is 0 Å². The summed E-state index contributed by atoms with van der Waals surface area (Å²) in [6, 6.07) is 4.06. The number of thiophene rings is 1. The molecule has 0 aromatic carbocycles. The first-order valence-electron chi connectivity index (χ1n) is 6.90. The molecule has 1 amide bonds. The van der Waals surface area contributed by atoms with Gasteiger partial charge < -0.3 is 4.90 Å². The van der Waals surface area contributed by atoms with Gasteiger partial charge in [0.15, 0.2) is 0 Å². The molecule has 0 saturated heterocycles. The molecule has 3 rings (SSSR count). The van der Waals surface area contributed by atoms with E-state index in [2.05, 4.69) is 21.4 Å². The van der Waals surface area contributed by atoms with Gasteiger partial charge in [0.2, 0.25) is 5.91 Å². The second-order valence-corrected chi connectivity index (χ2v) is 7.11. The van der Waals surface area contributed by atoms with Crippen LogP contribution >= 0.6 is 23.1 Å². The van der Waals surface area contributed by atoms with E-state index in [0.717, 1.165) is 36.1 Å². The first kappa shape index (κ1) is 14.5. The van der Waals surface area contributed by atoms with Crippen molar-refractivity contribution < 1.29 is 4.79 Å². The molecule has 0 unspecified atom stereocenters. The number of carbonyl (C=O) groups is 1. The van der Waals surface area contributed by atoms with Gasteiger partial charge in [0.25, 0.3) is 0 Å². The fourth-order valence-corrected chi connectivity index (χ4v) is 4.24. The van der Waals surface area contributed by atoms with Crippen molar-refractivity contribution >= 4 is 29.0 Å². The Morgan fingerprint density at radius 3 is 3.10 bits per heavy atom. The van der Waals surface area contributed by atoms with Crippen LogP contribution in [0.15, 0.2) is 22.5 Å². The fraction of sp³-hybridized carbons (Fsp3) is 0.400. The van der Waals surface area contributed by atoms with Gasteiger partial charge in [-0.2, -0.15) is 0 Å². The van der Waals surface area contributed by atoms with Crippen molar-refractivity contribution in [3.05, 3.63) is 39.5 Å². The molecule has 1 aliphatic heterocycles. The van der Waals surface area contributed by atoms with Gasteiger partial charge in [-0.25, -0.2) is 9.97 Å². The number of nitrogens with zero attached hydrogens (tertiary/aromatic N) is 3. The van der Waals surface area contributed by atoms with Gasteiger partial charge in [-0.3, -0.25) is 4.79 Å². The maximum atomic E-state index is 12.3. The van der Waals surface area contributed by atoms with Crippen LogP contribution in [-0.4, -0.2) is 33.1 Å². The van der Waals surface area contributed by atoms with E-state index in [1.807, 2.05) is 24.8 Å². The van der Waals surface area contributed by atoms with Crippen LogP contribution in [0, 0.1) is 13.8 Å². The molecular formula is C15H17N3OS2. The number of hydrogen-bond acceptors (Lipinski definition) is 5. The standard InChI is InChI=1S/C15H17N3OS2/c1-10-7-14(17-11(2)16-10)21-9-15(19)18-5-3-13-12(8-18)4-6-20-13/h4,6-7H,3,5,8-9H2,1-2H3. The van der Waals surface area contributed by atoms with Crippen molar-refractivity contribution in [3.63, 3.8) is 0 Å². The lowest BCUT2D eigenvalue weighted by Crippen LogP contribution is -2.36. The highest BCUT2D eigenvalue weighted by atomic mass is 32.2. The van der Waals surface area contributed by atoms with E-state index in [4.69, 9.17) is 0 Å². The molecule has 1 aliphatic rings. The number of aromatic nitrogens is 2. The number of thioether (sulfide) groups is 1. The second-order valence-electron chi connectivity index (χ2n) is 5.12. The predicted molar refractivity (Wildman–Crippen MR) is 85.7 cm³/mol. The van der Waals surface area contributed by atoms with Crippen molar-refractivity contribution in [1.82, 2.24) is 14.9 Å². The molecule has 21 heavy (non-hydrogen) atoms. The summed E-state index contributed by atoms with van der Waals surface area (Å²) in [4.78, 5) is 24.3. The van der Waals surface area contributed by atoms with Gasteiger partial charge in [0.05, 0.1) is 5.75 Å². The average molecular weight is 319 g/mol. The third-order valence-corrected chi connectivity index (χ3v) is 5.37. The third kappa shape index (κ3) is 3.44. The van der Waals surface area contributed by atoms with Crippen LogP contribution in [0.2, 0.25) is 0 Å². The number of aryl methyl sites for hydroxylation is 2. The van der Waals surface area contributed by atoms with E-state index in [1.165, 1.54) is 22.2 Å². The van der Waals surface area contributed by atoms with E-state index in [0.29, 0.717) is 5.75 Å². The zero-order chi connectivity index (χ0) is 14.8. The Bertz CT molecular complexity index is 648. The zero-order valence-electron chi connectivity index (χ0n) is 12.1. The van der Waals surface area contributed by atoms with E-state index in [9.17, 15) is 4.79 Å². The molecule has 6 heteroatoms. The van der Waals surface area contributed by atoms with Gasteiger partial charge in [0, 0.05) is 23.7 Å². The first-order valence-corrected chi connectivity index (χ1v) is 8.76. The molecule has 0 N–H and O–H groups in total. The minimum Gasteiger partial charge on any atom is -0.337 e. The summed E-state index contributed by atoms with van der Waals surface area (Å²) < 4.78 is 0. The Morgan fingerprint density at radius 1 is 1.43 bits per heavy atom. The van der Waals surface area contributed by atoms with Crippen molar-refractivity contribution in [2.24, 2.45) is 0 Å². The van der Waals surface area contributed by atoms with E-state index < -0.39 is 0 Å². The largest absolute Gasteiger partial charge is 0.337 e. The second kappa shape index (κ2) is 6.15. The highest BCUT2D eigenvalue weighted by Gasteiger charge is 2.21. The Labute approximate surface area is 132 Å². The summed E-state index contributed by atoms with van der Waals surface area (Å²) in [5, 5.41) is 2.99. The number of fused-ring (bicyclic) bond motifs is 1. The molecule has 0 radical (unpaired) electrons. The lowest BCUT2D eigenvalue weighted by atomic mass is 10.1. The summed E-state index contributed by atoms with van der Waals surface area (Å²) in [5.41, 5.74) is 2.25. The summed E-state index contributed by atoms with van der Waals surface area (Å²) in [6.07, 6.45) is 0.981. The zero-order valence-corrected chi connectivity index (χ0v) is 13.8. The molecule has 2 aromatic rings. The monoisotopic (exact) mass is 319 g/mol. The quantitative estimate of drug-likeness (QED) is 0.645. The molecule has 0 atom stereocenters. The lowest BCUT2D eigenvalue weighted by Gasteiger charge is -2.26. The van der Waals surface area contributed by atoms with Gasteiger partial charge in [0.1, 0.15) is 10.9 Å². The van der Waals surface area contributed by atoms with Gasteiger partial charge in [-0.05, 0) is 43.3 Å². The highest BCUT2D eigenvalue weighted by Crippen LogP contribution is 2.25. The van der Waals surface area contributed by atoms with Crippen molar-refractivity contribution in [1.29, 1.82) is 0 Å². The van der Waals surface area contributed by atoms with Gasteiger partial charge in [-0.1, -0.05) is 11.8 Å². The number of amides is 1. The summed E-state index contributed by atoms with van der Waals surface area (Å²) in [5.74, 6) is 1.38. The highest BCUT2D eigenvalue weighted by molar-refractivity contribution is 7.99. The van der Waals surface area contributed by atoms with Gasteiger partial charge >= 0.3 is 0 Å². The SMILES string of the molecule is Cc1cc(SCC(=O)N2CCc3sccc3C2)nc(C)n1. The smallest absolute Gasteiger partial charge is 0.233 e. The van der Waals surface area contributed by atoms with Crippen LogP contribution in [0.1, 0.15) is 22.0 Å². The molecule has 2 aromatic heterocycles. The van der Waals surface area contributed by atoms with Crippen LogP contribution < -0.4 is 0 Å². The van der Waals surface area contributed by atoms with Gasteiger partial charge in [-0.15, -0.1) is 11.3 Å². The maximum absolute atomic E-state index is 12.3. The van der Waals surface area contributed by atoms with Crippen LogP contribution in [0.25, 0.3) is 0 Å². The number of hydrogen-bond donors (Lipinski definition) is 0. The normalized spacial score (nSPS) is 14.1. The minimum absolute atomic E-state index is 0.186. The molecule has 0 saturated carbocycles. The number of carbonyl (C=O) groups excluding carboxylic acids is 1. The van der Waals surface area contributed by atoms with Crippen LogP contribution in [0.3, 0.4) is 0 Å². The molecule has 3 heterocycles. The molecule has 4 nitrogen and oxygen atoms in total. The third-order valence-electron chi connectivity index (χ3n) is 3.45. The Kier molecular flexibility index (Phi) is 4.26. The van der Waals surface area contributed by atoms with E-state index >= 15 is 0 Å². The molecular weight excluding hydrogens is 302 g/mol. The first-order chi connectivity index (χ1) is 10.1. The summed E-state index contributed by atoms with van der Waals surface area (Å²) in [7, 11) is 0. The van der Waals surface area contributed by atoms with Crippen LogP contribution in [0.5, 0.6) is 0 Å². The van der Waals surface area contributed by atoms with E-state index in [1.54, 1.807) is 11.3 Å². The van der Waals surface area contributed by atoms with Crippen LogP contribution in [-0.2, 0) is 17.8 Å². The maximum Gasteiger partial charge on any atom is 0.233 e. The topological polar surface area (TPSA) is 46.1 Å². The summed E-state index contributed by atoms with van der Waals surface area (Å²) >= 11 is 3.29. The van der Waals surface area contributed by atoms with Crippen molar-refractivity contribution in [2.75, 3.05) is 12.3 Å². The summed E-state index contributed by atoms with van der Waals surface area (Å²) in [6.45, 7) is 5.40. The average Bonchev–Trinajstić information content (AvgIpc) is 2.91. The van der Waals surface area contributed by atoms with Crippen molar-refractivity contribution in [2.45, 2.75) is 31.8 Å². The predicted octanol–water partition coefficient (Wildman–Crippen LogP) is 2.83. The fourth-order valence-electron chi connectivity index (χ4n) is 2.45. The number of rotatable bonds is 3. The molecule has 0 bridgehead atoms. The Hall–Kier alpha value is -1.40. The lowest BCUT2D eigenvalue weighted by molar-refractivity contribution is -0.129. The molecule has 110 valence electrons. The molecule has 0 aliphatic carbocycles. The Morgan fingerprint density at radius 2 is 2.29 bits per heavy atom. The van der Waals surface area contributed by atoms with E-state index in [-0.39, 0.29) is 5.91 Å².